The van der Waals surface area contributed by atoms with Gasteiger partial charge in [-0.2, -0.15) is 0 Å². The van der Waals surface area contributed by atoms with Crippen molar-refractivity contribution in [1.82, 2.24) is 9.80 Å². The second-order valence-electron chi connectivity index (χ2n) is 9.50. The quantitative estimate of drug-likeness (QED) is 0.765. The predicted molar refractivity (Wildman–Crippen MR) is 106 cm³/mol. The molecule has 0 bridgehead atoms. The number of piperidine rings is 2. The van der Waals surface area contributed by atoms with E-state index in [1.165, 1.54) is 84.1 Å². The highest BCUT2D eigenvalue weighted by Gasteiger charge is 2.48. The molecule has 0 amide bonds. The first-order chi connectivity index (χ1) is 12.7. The number of hydrogen-bond acceptors (Lipinski definition) is 4. The Balaban J connectivity index is 1.45. The summed E-state index contributed by atoms with van der Waals surface area (Å²) in [6.45, 7) is 13.8. The first-order valence-corrected chi connectivity index (χ1v) is 11.4. The molecule has 4 heteroatoms. The van der Waals surface area contributed by atoms with Gasteiger partial charge in [-0.3, -0.25) is 4.90 Å². The molecule has 0 radical (unpaired) electrons. The monoisotopic (exact) mass is 364 g/mol. The summed E-state index contributed by atoms with van der Waals surface area (Å²) in [5.41, 5.74) is 0.938. The molecule has 4 saturated heterocycles. The van der Waals surface area contributed by atoms with E-state index in [2.05, 4.69) is 23.6 Å². The summed E-state index contributed by atoms with van der Waals surface area (Å²) in [5.74, 6) is 0.755. The van der Waals surface area contributed by atoms with Crippen molar-refractivity contribution >= 4 is 0 Å². The molecule has 4 nitrogen and oxygen atoms in total. The van der Waals surface area contributed by atoms with Gasteiger partial charge in [0.15, 0.2) is 0 Å². The van der Waals surface area contributed by atoms with Gasteiger partial charge in [0, 0.05) is 31.9 Å². The third-order valence-electron chi connectivity index (χ3n) is 8.20. The van der Waals surface area contributed by atoms with Crippen molar-refractivity contribution in [2.24, 2.45) is 11.3 Å². The Kier molecular flexibility index (Phi) is 5.95. The molecule has 0 saturated carbocycles. The average molecular weight is 365 g/mol. The third-order valence-corrected chi connectivity index (χ3v) is 8.20. The van der Waals surface area contributed by atoms with E-state index in [-0.39, 0.29) is 0 Å². The van der Waals surface area contributed by atoms with Crippen LogP contribution < -0.4 is 0 Å². The van der Waals surface area contributed by atoms with Crippen molar-refractivity contribution in [3.05, 3.63) is 0 Å². The lowest BCUT2D eigenvalue weighted by atomic mass is 9.66. The van der Waals surface area contributed by atoms with E-state index in [0.29, 0.717) is 17.1 Å². The molecule has 0 aliphatic carbocycles. The zero-order chi connectivity index (χ0) is 18.0. The summed E-state index contributed by atoms with van der Waals surface area (Å²) < 4.78 is 12.2. The molecule has 2 spiro atoms. The second kappa shape index (κ2) is 8.06. The van der Waals surface area contributed by atoms with Crippen molar-refractivity contribution in [1.29, 1.82) is 0 Å². The van der Waals surface area contributed by atoms with Crippen molar-refractivity contribution in [3.8, 4) is 0 Å². The van der Waals surface area contributed by atoms with Crippen molar-refractivity contribution < 1.29 is 9.47 Å². The maximum absolute atomic E-state index is 6.45. The first-order valence-electron chi connectivity index (χ1n) is 11.4. The molecule has 0 aromatic heterocycles. The summed E-state index contributed by atoms with van der Waals surface area (Å²) in [4.78, 5) is 5.45. The highest BCUT2D eigenvalue weighted by Crippen LogP contribution is 2.47. The Morgan fingerprint density at radius 3 is 2.54 bits per heavy atom. The summed E-state index contributed by atoms with van der Waals surface area (Å²) in [6, 6.07) is 0. The minimum atomic E-state index is 0.395. The van der Waals surface area contributed by atoms with E-state index in [0.717, 1.165) is 25.7 Å². The van der Waals surface area contributed by atoms with Crippen LogP contribution in [-0.2, 0) is 9.47 Å². The molecule has 150 valence electrons. The minimum Gasteiger partial charge on any atom is -0.381 e. The zero-order valence-electron chi connectivity index (χ0n) is 17.2. The number of hydrogen-bond donors (Lipinski definition) is 0. The number of rotatable bonds is 3. The Morgan fingerprint density at radius 1 is 0.923 bits per heavy atom. The van der Waals surface area contributed by atoms with Crippen molar-refractivity contribution in [2.45, 2.75) is 76.9 Å². The first kappa shape index (κ1) is 19.2. The summed E-state index contributed by atoms with van der Waals surface area (Å²) >= 11 is 0. The smallest absolute Gasteiger partial charge is 0.0610 e. The van der Waals surface area contributed by atoms with Gasteiger partial charge in [0.2, 0.25) is 0 Å². The van der Waals surface area contributed by atoms with Crippen LogP contribution in [0.15, 0.2) is 0 Å². The SMILES string of the molecule is CCN1CCCC2(CCOC(C3CCN(CC)C4(CCOCC4)C3)C2)C1. The molecular weight excluding hydrogens is 324 g/mol. The van der Waals surface area contributed by atoms with Gasteiger partial charge >= 0.3 is 0 Å². The van der Waals surface area contributed by atoms with E-state index >= 15 is 0 Å². The summed E-state index contributed by atoms with van der Waals surface area (Å²) in [6.07, 6.45) is 11.0. The number of likely N-dealkylation sites (tertiary alicyclic amines) is 2. The third kappa shape index (κ3) is 3.72. The van der Waals surface area contributed by atoms with Gasteiger partial charge in [0.05, 0.1) is 6.10 Å². The van der Waals surface area contributed by atoms with E-state index in [1.54, 1.807) is 0 Å². The molecular formula is C22H40N2O2. The molecule has 26 heavy (non-hydrogen) atoms. The fourth-order valence-corrected chi connectivity index (χ4v) is 6.63. The predicted octanol–water partition coefficient (Wildman–Crippen LogP) is 3.55. The molecule has 0 aromatic carbocycles. The number of nitrogens with zero attached hydrogens (tertiary/aromatic N) is 2. The normalized spacial score (nSPS) is 39.5. The lowest BCUT2D eigenvalue weighted by Gasteiger charge is -2.54. The highest BCUT2D eigenvalue weighted by atomic mass is 16.5. The summed E-state index contributed by atoms with van der Waals surface area (Å²) in [7, 11) is 0. The lowest BCUT2D eigenvalue weighted by Crippen LogP contribution is -2.59. The molecule has 4 fully saturated rings. The van der Waals surface area contributed by atoms with Gasteiger partial charge < -0.3 is 14.4 Å². The van der Waals surface area contributed by atoms with E-state index in [1.807, 2.05) is 0 Å². The lowest BCUT2D eigenvalue weighted by molar-refractivity contribution is -0.130. The van der Waals surface area contributed by atoms with Crippen molar-refractivity contribution in [2.75, 3.05) is 52.5 Å². The van der Waals surface area contributed by atoms with Crippen LogP contribution in [-0.4, -0.2) is 74.0 Å². The molecule has 3 unspecified atom stereocenters. The van der Waals surface area contributed by atoms with Crippen LogP contribution in [0.2, 0.25) is 0 Å². The molecule has 4 rings (SSSR count). The highest BCUT2D eigenvalue weighted by molar-refractivity contribution is 5.01. The van der Waals surface area contributed by atoms with Crippen LogP contribution in [0.25, 0.3) is 0 Å². The fraction of sp³-hybridized carbons (Fsp3) is 1.00. The Labute approximate surface area is 160 Å². The Morgan fingerprint density at radius 2 is 1.77 bits per heavy atom. The topological polar surface area (TPSA) is 24.9 Å². The van der Waals surface area contributed by atoms with E-state index < -0.39 is 0 Å². The molecule has 4 aliphatic rings. The van der Waals surface area contributed by atoms with E-state index in [4.69, 9.17) is 9.47 Å². The van der Waals surface area contributed by atoms with Gasteiger partial charge in [0.25, 0.3) is 0 Å². The van der Waals surface area contributed by atoms with Gasteiger partial charge in [-0.05, 0) is 88.9 Å². The van der Waals surface area contributed by atoms with Crippen molar-refractivity contribution in [3.63, 3.8) is 0 Å². The van der Waals surface area contributed by atoms with Crippen LogP contribution in [0.1, 0.15) is 65.2 Å². The van der Waals surface area contributed by atoms with Gasteiger partial charge in [0.1, 0.15) is 0 Å². The molecule has 0 aromatic rings. The second-order valence-corrected chi connectivity index (χ2v) is 9.50. The minimum absolute atomic E-state index is 0.395. The van der Waals surface area contributed by atoms with E-state index in [9.17, 15) is 0 Å². The maximum atomic E-state index is 6.45. The molecule has 3 atom stereocenters. The Bertz CT molecular complexity index is 461. The maximum Gasteiger partial charge on any atom is 0.0610 e. The molecule has 0 N–H and O–H groups in total. The average Bonchev–Trinajstić information content (AvgIpc) is 2.68. The largest absolute Gasteiger partial charge is 0.381 e. The zero-order valence-corrected chi connectivity index (χ0v) is 17.2. The van der Waals surface area contributed by atoms with Gasteiger partial charge in [-0.15, -0.1) is 0 Å². The summed E-state index contributed by atoms with van der Waals surface area (Å²) in [5, 5.41) is 0. The van der Waals surface area contributed by atoms with Crippen LogP contribution >= 0.6 is 0 Å². The van der Waals surface area contributed by atoms with Crippen LogP contribution in [0.4, 0.5) is 0 Å². The van der Waals surface area contributed by atoms with Gasteiger partial charge in [-0.25, -0.2) is 0 Å². The number of ether oxygens (including phenoxy) is 2. The molecule has 4 aliphatic heterocycles. The van der Waals surface area contributed by atoms with Gasteiger partial charge in [-0.1, -0.05) is 13.8 Å². The van der Waals surface area contributed by atoms with Crippen LogP contribution in [0.3, 0.4) is 0 Å². The molecule has 4 heterocycles. The fourth-order valence-electron chi connectivity index (χ4n) is 6.63. The Hall–Kier alpha value is -0.160. The van der Waals surface area contributed by atoms with Crippen LogP contribution in [0.5, 0.6) is 0 Å². The van der Waals surface area contributed by atoms with Crippen LogP contribution in [0, 0.1) is 11.3 Å². The standard InChI is InChI=1S/C22H40N2O2/c1-3-23-11-5-7-21(18-23)8-15-26-20(17-21)19-6-12-24(4-2)22(16-19)9-13-25-14-10-22/h19-20H,3-18H2,1-2H3.